The summed E-state index contributed by atoms with van der Waals surface area (Å²) in [5, 5.41) is 0. The molecule has 1 unspecified atom stereocenters. The van der Waals surface area contributed by atoms with Crippen LogP contribution in [-0.4, -0.2) is 79.0 Å². The topological polar surface area (TPSA) is 52.8 Å². The molecule has 0 aromatic carbocycles. The summed E-state index contributed by atoms with van der Waals surface area (Å²) < 4.78 is 0. The molecule has 2 aliphatic heterocycles. The van der Waals surface area contributed by atoms with Crippen molar-refractivity contribution >= 4 is 5.91 Å². The first-order chi connectivity index (χ1) is 9.74. The molecule has 2 aliphatic rings. The van der Waals surface area contributed by atoms with Gasteiger partial charge in [0.1, 0.15) is 0 Å². The van der Waals surface area contributed by atoms with E-state index in [4.69, 9.17) is 5.73 Å². The van der Waals surface area contributed by atoms with Crippen LogP contribution in [-0.2, 0) is 4.79 Å². The fraction of sp³-hybridized carbons (Fsp3) is 0.933. The molecule has 1 atom stereocenters. The summed E-state index contributed by atoms with van der Waals surface area (Å²) in [6.45, 7) is 10.2. The zero-order valence-electron chi connectivity index (χ0n) is 12.9. The quantitative estimate of drug-likeness (QED) is 0.791. The van der Waals surface area contributed by atoms with Gasteiger partial charge in [0.15, 0.2) is 0 Å². The van der Waals surface area contributed by atoms with Crippen LogP contribution >= 0.6 is 0 Å². The van der Waals surface area contributed by atoms with E-state index < -0.39 is 0 Å². The summed E-state index contributed by atoms with van der Waals surface area (Å²) in [5.41, 5.74) is 5.79. The molecule has 0 aliphatic carbocycles. The molecule has 5 heteroatoms. The third-order valence-electron chi connectivity index (χ3n) is 4.77. The lowest BCUT2D eigenvalue weighted by molar-refractivity contribution is -0.135. The highest BCUT2D eigenvalue weighted by atomic mass is 16.2. The number of nitrogens with zero attached hydrogens (tertiary/aromatic N) is 3. The fourth-order valence-electron chi connectivity index (χ4n) is 3.30. The van der Waals surface area contributed by atoms with E-state index in [2.05, 4.69) is 16.7 Å². The number of likely N-dealkylation sites (N-methyl/N-ethyl adjacent to an activating group) is 1. The van der Waals surface area contributed by atoms with Gasteiger partial charge >= 0.3 is 0 Å². The van der Waals surface area contributed by atoms with Crippen molar-refractivity contribution in [3.63, 3.8) is 0 Å². The third kappa shape index (κ3) is 4.17. The van der Waals surface area contributed by atoms with Crippen LogP contribution in [0.1, 0.15) is 32.6 Å². The smallest absolute Gasteiger partial charge is 0.224 e. The Morgan fingerprint density at radius 2 is 1.80 bits per heavy atom. The minimum atomic E-state index is 0.285. The van der Waals surface area contributed by atoms with Crippen LogP contribution in [0.15, 0.2) is 0 Å². The highest BCUT2D eigenvalue weighted by molar-refractivity contribution is 5.76. The highest BCUT2D eigenvalue weighted by Crippen LogP contribution is 2.17. The van der Waals surface area contributed by atoms with Gasteiger partial charge in [-0.05, 0) is 25.8 Å². The average molecular weight is 282 g/mol. The van der Waals surface area contributed by atoms with Crippen molar-refractivity contribution in [3.8, 4) is 0 Å². The summed E-state index contributed by atoms with van der Waals surface area (Å²) in [6, 6.07) is 0.285. The van der Waals surface area contributed by atoms with E-state index in [0.717, 1.165) is 58.7 Å². The zero-order valence-corrected chi connectivity index (χ0v) is 12.9. The van der Waals surface area contributed by atoms with Gasteiger partial charge in [-0.1, -0.05) is 6.92 Å². The summed E-state index contributed by atoms with van der Waals surface area (Å²) >= 11 is 0. The molecule has 2 heterocycles. The number of hydrogen-bond acceptors (Lipinski definition) is 4. The molecular formula is C15H30N4O. The Labute approximate surface area is 123 Å². The molecule has 0 bridgehead atoms. The first-order valence-corrected chi connectivity index (χ1v) is 8.18. The molecule has 1 amide bonds. The summed E-state index contributed by atoms with van der Waals surface area (Å²) in [4.78, 5) is 19.3. The van der Waals surface area contributed by atoms with Crippen molar-refractivity contribution in [3.05, 3.63) is 0 Å². The van der Waals surface area contributed by atoms with Crippen molar-refractivity contribution < 1.29 is 4.79 Å². The van der Waals surface area contributed by atoms with Gasteiger partial charge in [0, 0.05) is 58.3 Å². The first-order valence-electron chi connectivity index (χ1n) is 8.18. The number of hydrogen-bond donors (Lipinski definition) is 1. The maximum Gasteiger partial charge on any atom is 0.224 e. The second kappa shape index (κ2) is 7.96. The fourth-order valence-corrected chi connectivity index (χ4v) is 3.30. The van der Waals surface area contributed by atoms with E-state index in [1.807, 2.05) is 4.90 Å². The van der Waals surface area contributed by atoms with Crippen molar-refractivity contribution in [1.82, 2.24) is 14.7 Å². The molecule has 116 valence electrons. The van der Waals surface area contributed by atoms with Crippen LogP contribution in [0.4, 0.5) is 0 Å². The molecule has 20 heavy (non-hydrogen) atoms. The minimum Gasteiger partial charge on any atom is -0.338 e. The van der Waals surface area contributed by atoms with Crippen LogP contribution in [0.25, 0.3) is 0 Å². The maximum atomic E-state index is 12.4. The molecule has 0 spiro atoms. The number of piperazine rings is 1. The second-order valence-electron chi connectivity index (χ2n) is 6.00. The molecule has 0 radical (unpaired) electrons. The van der Waals surface area contributed by atoms with Gasteiger partial charge in [-0.25, -0.2) is 0 Å². The lowest BCUT2D eigenvalue weighted by atomic mass is 10.0. The Hall–Kier alpha value is -0.650. The van der Waals surface area contributed by atoms with Crippen LogP contribution < -0.4 is 5.73 Å². The number of nitrogens with two attached hydrogens (primary N) is 1. The Balaban J connectivity index is 1.72. The van der Waals surface area contributed by atoms with E-state index in [9.17, 15) is 4.79 Å². The molecule has 2 N–H and O–H groups in total. The zero-order chi connectivity index (χ0) is 14.4. The molecule has 0 aromatic heterocycles. The molecule has 2 saturated heterocycles. The number of piperidine rings is 1. The number of carbonyl (C=O) groups is 1. The highest BCUT2D eigenvalue weighted by Gasteiger charge is 2.26. The summed E-state index contributed by atoms with van der Waals surface area (Å²) in [7, 11) is 0. The molecule has 5 nitrogen and oxygen atoms in total. The molecule has 0 saturated carbocycles. The third-order valence-corrected chi connectivity index (χ3v) is 4.77. The van der Waals surface area contributed by atoms with Crippen LogP contribution in [0.3, 0.4) is 0 Å². The van der Waals surface area contributed by atoms with Crippen molar-refractivity contribution in [2.45, 2.75) is 38.6 Å². The lowest BCUT2D eigenvalue weighted by Crippen LogP contribution is -2.49. The molecule has 2 fully saturated rings. The van der Waals surface area contributed by atoms with E-state index in [-0.39, 0.29) is 6.04 Å². The molecular weight excluding hydrogens is 252 g/mol. The predicted molar refractivity (Wildman–Crippen MR) is 81.6 cm³/mol. The Morgan fingerprint density at radius 3 is 2.45 bits per heavy atom. The van der Waals surface area contributed by atoms with Crippen LogP contribution in [0, 0.1) is 0 Å². The Kier molecular flexibility index (Phi) is 6.26. The predicted octanol–water partition coefficient (Wildman–Crippen LogP) is 0.354. The van der Waals surface area contributed by atoms with Crippen LogP contribution in [0.5, 0.6) is 0 Å². The maximum absolute atomic E-state index is 12.4. The number of rotatable bonds is 5. The van der Waals surface area contributed by atoms with Gasteiger partial charge in [-0.15, -0.1) is 0 Å². The summed E-state index contributed by atoms with van der Waals surface area (Å²) in [6.07, 6.45) is 4.09. The van der Waals surface area contributed by atoms with E-state index in [1.54, 1.807) is 0 Å². The van der Waals surface area contributed by atoms with E-state index >= 15 is 0 Å². The van der Waals surface area contributed by atoms with Crippen LogP contribution in [0.2, 0.25) is 0 Å². The standard InChI is InChI=1S/C15H30N4O/c1-2-17-9-11-18(12-10-17)8-6-15(20)19-7-4-3-5-14(19)13-16/h14H,2-13,16H2,1H3. The molecule has 2 rings (SSSR count). The summed E-state index contributed by atoms with van der Waals surface area (Å²) in [5.74, 6) is 0.304. The van der Waals surface area contributed by atoms with Gasteiger partial charge in [0.25, 0.3) is 0 Å². The Bertz CT molecular complexity index is 302. The van der Waals surface area contributed by atoms with Gasteiger partial charge < -0.3 is 20.4 Å². The van der Waals surface area contributed by atoms with Crippen molar-refractivity contribution in [2.75, 3.05) is 52.4 Å². The first kappa shape index (κ1) is 15.7. The van der Waals surface area contributed by atoms with Gasteiger partial charge in [-0.3, -0.25) is 4.79 Å². The van der Waals surface area contributed by atoms with Gasteiger partial charge in [0.05, 0.1) is 0 Å². The Morgan fingerprint density at radius 1 is 1.10 bits per heavy atom. The van der Waals surface area contributed by atoms with E-state index in [0.29, 0.717) is 18.9 Å². The number of carbonyl (C=O) groups excluding carboxylic acids is 1. The minimum absolute atomic E-state index is 0.285. The van der Waals surface area contributed by atoms with Crippen molar-refractivity contribution in [1.29, 1.82) is 0 Å². The van der Waals surface area contributed by atoms with E-state index in [1.165, 1.54) is 6.42 Å². The molecule has 0 aromatic rings. The lowest BCUT2D eigenvalue weighted by Gasteiger charge is -2.37. The number of amides is 1. The van der Waals surface area contributed by atoms with Gasteiger partial charge in [0.2, 0.25) is 5.91 Å². The second-order valence-corrected chi connectivity index (χ2v) is 6.00. The number of likely N-dealkylation sites (tertiary alicyclic amines) is 1. The SMILES string of the molecule is CCN1CCN(CCC(=O)N2CCCCC2CN)CC1. The average Bonchev–Trinajstić information content (AvgIpc) is 2.53. The normalized spacial score (nSPS) is 25.9. The monoisotopic (exact) mass is 282 g/mol. The van der Waals surface area contributed by atoms with Gasteiger partial charge in [-0.2, -0.15) is 0 Å². The largest absolute Gasteiger partial charge is 0.338 e. The van der Waals surface area contributed by atoms with Crippen molar-refractivity contribution in [2.24, 2.45) is 5.73 Å².